The number of carbonyl (C=O) groups is 2. The van der Waals surface area contributed by atoms with Crippen LogP contribution in [-0.2, 0) is 14.3 Å². The normalized spacial score (nSPS) is 10.3. The molecule has 0 bridgehead atoms. The molecule has 0 saturated carbocycles. The third-order valence-electron chi connectivity index (χ3n) is 3.87. The third-order valence-corrected chi connectivity index (χ3v) is 3.87. The van der Waals surface area contributed by atoms with Gasteiger partial charge in [-0.3, -0.25) is 4.79 Å². The lowest BCUT2D eigenvalue weighted by atomic mass is 10.2. The van der Waals surface area contributed by atoms with Gasteiger partial charge < -0.3 is 29.0 Å². The molecule has 1 N–H and O–H groups in total. The number of nitrogens with one attached hydrogen (secondary N) is 1. The molecule has 8 nitrogen and oxygen atoms in total. The van der Waals surface area contributed by atoms with Gasteiger partial charge in [-0.25, -0.2) is 4.79 Å². The maximum absolute atomic E-state index is 12.1. The number of hydrogen-bond donors (Lipinski definition) is 1. The van der Waals surface area contributed by atoms with Crippen LogP contribution in [-0.4, -0.2) is 46.9 Å². The Morgan fingerprint density at radius 3 is 2.17 bits per heavy atom. The molecule has 0 aliphatic rings. The van der Waals surface area contributed by atoms with Crippen LogP contribution >= 0.6 is 0 Å². The van der Waals surface area contributed by atoms with Crippen molar-refractivity contribution < 1.29 is 33.3 Å². The van der Waals surface area contributed by atoms with E-state index in [0.29, 0.717) is 34.2 Å². The van der Waals surface area contributed by atoms with Crippen LogP contribution in [0.4, 0.5) is 5.69 Å². The number of carbonyl (C=O) groups excluding carboxylic acids is 2. The summed E-state index contributed by atoms with van der Waals surface area (Å²) in [5.74, 6) is 0.991. The van der Waals surface area contributed by atoms with E-state index in [4.69, 9.17) is 23.7 Å². The van der Waals surface area contributed by atoms with Crippen molar-refractivity contribution in [1.29, 1.82) is 0 Å². The SMILES string of the molecule is COc1ccc(OC)c(NC(=O)COC(=O)/C=C/c2ccc(OC)cc2OC)c1. The summed E-state index contributed by atoms with van der Waals surface area (Å²) in [6.45, 7) is -0.455. The van der Waals surface area contributed by atoms with Crippen LogP contribution in [0.5, 0.6) is 23.0 Å². The predicted molar refractivity (Wildman–Crippen MR) is 108 cm³/mol. The molecular weight excluding hydrogens is 378 g/mol. The Hall–Kier alpha value is -3.68. The average Bonchev–Trinajstić information content (AvgIpc) is 2.75. The Balaban J connectivity index is 1.94. The van der Waals surface area contributed by atoms with Crippen molar-refractivity contribution in [1.82, 2.24) is 0 Å². The van der Waals surface area contributed by atoms with Crippen LogP contribution in [0, 0.1) is 0 Å². The summed E-state index contributed by atoms with van der Waals surface area (Å²) < 4.78 is 25.7. The van der Waals surface area contributed by atoms with Gasteiger partial charge in [-0.2, -0.15) is 0 Å². The van der Waals surface area contributed by atoms with E-state index < -0.39 is 18.5 Å². The Bertz CT molecular complexity index is 893. The minimum absolute atomic E-state index is 0.409. The molecule has 0 atom stereocenters. The molecular formula is C21H23NO7. The van der Waals surface area contributed by atoms with Crippen LogP contribution in [0.2, 0.25) is 0 Å². The fraction of sp³-hybridized carbons (Fsp3) is 0.238. The number of amides is 1. The zero-order valence-corrected chi connectivity index (χ0v) is 16.7. The molecule has 0 aliphatic carbocycles. The molecule has 8 heteroatoms. The number of rotatable bonds is 9. The van der Waals surface area contributed by atoms with Gasteiger partial charge in [-0.1, -0.05) is 0 Å². The van der Waals surface area contributed by atoms with Crippen LogP contribution in [0.15, 0.2) is 42.5 Å². The molecule has 154 valence electrons. The molecule has 0 saturated heterocycles. The van der Waals surface area contributed by atoms with Crippen molar-refractivity contribution in [2.45, 2.75) is 0 Å². The smallest absolute Gasteiger partial charge is 0.331 e. The predicted octanol–water partition coefficient (Wildman–Crippen LogP) is 2.92. The minimum Gasteiger partial charge on any atom is -0.497 e. The van der Waals surface area contributed by atoms with E-state index in [9.17, 15) is 9.59 Å². The first-order chi connectivity index (χ1) is 14.0. The van der Waals surface area contributed by atoms with Crippen LogP contribution in [0.3, 0.4) is 0 Å². The third kappa shape index (κ3) is 6.17. The fourth-order valence-electron chi connectivity index (χ4n) is 2.40. The molecule has 0 heterocycles. The summed E-state index contributed by atoms with van der Waals surface area (Å²) >= 11 is 0. The summed E-state index contributed by atoms with van der Waals surface area (Å²) in [5.41, 5.74) is 1.07. The van der Waals surface area contributed by atoms with E-state index in [1.165, 1.54) is 33.5 Å². The highest BCUT2D eigenvalue weighted by Gasteiger charge is 2.11. The second-order valence-electron chi connectivity index (χ2n) is 5.66. The van der Waals surface area contributed by atoms with Gasteiger partial charge in [-0.15, -0.1) is 0 Å². The maximum atomic E-state index is 12.1. The number of ether oxygens (including phenoxy) is 5. The van der Waals surface area contributed by atoms with Crippen molar-refractivity contribution in [2.75, 3.05) is 40.4 Å². The van der Waals surface area contributed by atoms with Gasteiger partial charge in [0.15, 0.2) is 6.61 Å². The molecule has 2 aromatic carbocycles. The second kappa shape index (κ2) is 10.6. The topological polar surface area (TPSA) is 92.3 Å². The number of benzene rings is 2. The largest absolute Gasteiger partial charge is 0.497 e. The summed E-state index contributed by atoms with van der Waals surface area (Å²) in [4.78, 5) is 24.0. The molecule has 0 aromatic heterocycles. The van der Waals surface area contributed by atoms with Gasteiger partial charge in [0.2, 0.25) is 0 Å². The summed E-state index contributed by atoms with van der Waals surface area (Å²) in [6.07, 6.45) is 2.74. The number of esters is 1. The van der Waals surface area contributed by atoms with Crippen molar-refractivity contribution in [3.05, 3.63) is 48.0 Å². The molecule has 2 aromatic rings. The summed E-state index contributed by atoms with van der Waals surface area (Å²) in [7, 11) is 6.06. The van der Waals surface area contributed by atoms with E-state index in [0.717, 1.165) is 0 Å². The zero-order chi connectivity index (χ0) is 21.2. The molecule has 1 amide bonds. The van der Waals surface area contributed by atoms with E-state index in [1.54, 1.807) is 43.5 Å². The molecule has 2 rings (SSSR count). The van der Waals surface area contributed by atoms with Crippen molar-refractivity contribution in [3.63, 3.8) is 0 Å². The highest BCUT2D eigenvalue weighted by atomic mass is 16.5. The van der Waals surface area contributed by atoms with Crippen LogP contribution in [0.25, 0.3) is 6.08 Å². The minimum atomic E-state index is -0.671. The zero-order valence-electron chi connectivity index (χ0n) is 16.7. The second-order valence-corrected chi connectivity index (χ2v) is 5.66. The Kier molecular flexibility index (Phi) is 7.90. The fourth-order valence-corrected chi connectivity index (χ4v) is 2.40. The molecule has 0 fully saturated rings. The lowest BCUT2D eigenvalue weighted by Gasteiger charge is -2.11. The number of anilines is 1. The van der Waals surface area contributed by atoms with Gasteiger partial charge >= 0.3 is 5.97 Å². The standard InChI is InChI=1S/C21H23NO7/c1-25-15-8-9-18(27-3)17(11-15)22-20(23)13-29-21(24)10-6-14-5-7-16(26-2)12-19(14)28-4/h5-12H,13H2,1-4H3,(H,22,23)/b10-6+. The molecule has 0 radical (unpaired) electrons. The molecule has 0 aliphatic heterocycles. The lowest BCUT2D eigenvalue weighted by Crippen LogP contribution is -2.20. The highest BCUT2D eigenvalue weighted by Crippen LogP contribution is 2.29. The molecule has 0 spiro atoms. The van der Waals surface area contributed by atoms with Crippen LogP contribution in [0.1, 0.15) is 5.56 Å². The summed E-state index contributed by atoms with van der Waals surface area (Å²) in [5, 5.41) is 2.62. The van der Waals surface area contributed by atoms with E-state index in [2.05, 4.69) is 5.32 Å². The first kappa shape index (κ1) is 21.6. The van der Waals surface area contributed by atoms with Crippen LogP contribution < -0.4 is 24.3 Å². The Labute approximate surface area is 169 Å². The summed E-state index contributed by atoms with van der Waals surface area (Å²) in [6, 6.07) is 10.1. The van der Waals surface area contributed by atoms with Gasteiger partial charge in [0.05, 0.1) is 34.1 Å². The quantitative estimate of drug-likeness (QED) is 0.510. The lowest BCUT2D eigenvalue weighted by molar-refractivity contribution is -0.142. The van der Waals surface area contributed by atoms with Gasteiger partial charge in [-0.05, 0) is 30.3 Å². The van der Waals surface area contributed by atoms with E-state index >= 15 is 0 Å². The first-order valence-electron chi connectivity index (χ1n) is 8.59. The van der Waals surface area contributed by atoms with Crippen molar-refractivity contribution in [3.8, 4) is 23.0 Å². The van der Waals surface area contributed by atoms with Gasteiger partial charge in [0.1, 0.15) is 23.0 Å². The highest BCUT2D eigenvalue weighted by molar-refractivity contribution is 5.96. The monoisotopic (exact) mass is 401 g/mol. The van der Waals surface area contributed by atoms with E-state index in [1.807, 2.05) is 0 Å². The molecule has 0 unspecified atom stereocenters. The van der Waals surface area contributed by atoms with Gasteiger partial charge in [0.25, 0.3) is 5.91 Å². The number of hydrogen-bond acceptors (Lipinski definition) is 7. The van der Waals surface area contributed by atoms with Crippen molar-refractivity contribution in [2.24, 2.45) is 0 Å². The van der Waals surface area contributed by atoms with E-state index in [-0.39, 0.29) is 0 Å². The maximum Gasteiger partial charge on any atom is 0.331 e. The Morgan fingerprint density at radius 1 is 0.862 bits per heavy atom. The first-order valence-corrected chi connectivity index (χ1v) is 8.59. The van der Waals surface area contributed by atoms with Crippen molar-refractivity contribution >= 4 is 23.6 Å². The Morgan fingerprint density at radius 2 is 1.52 bits per heavy atom. The number of methoxy groups -OCH3 is 4. The van der Waals surface area contributed by atoms with Gasteiger partial charge in [0, 0.05) is 23.8 Å². The average molecular weight is 401 g/mol. The molecule has 29 heavy (non-hydrogen) atoms.